The van der Waals surface area contributed by atoms with Crippen molar-refractivity contribution in [3.05, 3.63) is 60.7 Å². The van der Waals surface area contributed by atoms with Crippen molar-refractivity contribution in [2.75, 3.05) is 13.2 Å². The van der Waals surface area contributed by atoms with Gasteiger partial charge in [-0.05, 0) is 65.8 Å². The smallest absolute Gasteiger partial charge is 0.306 e. The van der Waals surface area contributed by atoms with Crippen molar-refractivity contribution in [2.45, 2.75) is 84.8 Å². The van der Waals surface area contributed by atoms with Crippen LogP contribution in [0.3, 0.4) is 0 Å². The van der Waals surface area contributed by atoms with Gasteiger partial charge in [0.1, 0.15) is 6.10 Å². The maximum atomic E-state index is 12.4. The van der Waals surface area contributed by atoms with E-state index in [-0.39, 0.29) is 34.9 Å². The van der Waals surface area contributed by atoms with E-state index >= 15 is 0 Å². The summed E-state index contributed by atoms with van der Waals surface area (Å²) in [5.41, 5.74) is 0. The largest absolute Gasteiger partial charge is 0.466 e. The molecule has 1 saturated carbocycles. The molecule has 1 fully saturated rings. The summed E-state index contributed by atoms with van der Waals surface area (Å²) < 4.78 is 18.2. The van der Waals surface area contributed by atoms with E-state index in [1.807, 2.05) is 6.92 Å². The highest BCUT2D eigenvalue weighted by Gasteiger charge is 2.50. The van der Waals surface area contributed by atoms with Crippen LogP contribution in [0.4, 0.5) is 0 Å². The standard InChI is InChI=1S/C32H46O5Si/c1-7-35-31(34)23-26-21-24(2)22-30(37-25(3)33)29(26)19-14-20-36-38(32(4,5)6,27-15-10-8-11-16-27)28-17-12-9-13-18-28/h8-13,15-18,24,26,29-30H,7,14,19-23H2,1-6H3/t24-,26-,29-,30-/m1/s1. The number of hydrogen-bond donors (Lipinski definition) is 0. The van der Waals surface area contributed by atoms with Crippen LogP contribution >= 0.6 is 0 Å². The van der Waals surface area contributed by atoms with Crippen molar-refractivity contribution in [3.63, 3.8) is 0 Å². The van der Waals surface area contributed by atoms with Gasteiger partial charge in [0.25, 0.3) is 8.32 Å². The second kappa shape index (κ2) is 13.6. The highest BCUT2D eigenvalue weighted by molar-refractivity contribution is 6.99. The molecule has 0 bridgehead atoms. The highest BCUT2D eigenvalue weighted by Crippen LogP contribution is 2.41. The van der Waals surface area contributed by atoms with Gasteiger partial charge in [-0.15, -0.1) is 0 Å². The van der Waals surface area contributed by atoms with Gasteiger partial charge in [-0.1, -0.05) is 88.4 Å². The molecule has 1 aliphatic carbocycles. The van der Waals surface area contributed by atoms with Crippen LogP contribution in [0.5, 0.6) is 0 Å². The number of hydrogen-bond acceptors (Lipinski definition) is 5. The Kier molecular flexibility index (Phi) is 10.7. The van der Waals surface area contributed by atoms with E-state index in [9.17, 15) is 9.59 Å². The van der Waals surface area contributed by atoms with Gasteiger partial charge in [-0.2, -0.15) is 0 Å². The molecule has 1 aliphatic rings. The van der Waals surface area contributed by atoms with Gasteiger partial charge >= 0.3 is 11.9 Å². The summed E-state index contributed by atoms with van der Waals surface area (Å²) in [5, 5.41) is 2.45. The van der Waals surface area contributed by atoms with Crippen LogP contribution in [0.15, 0.2) is 60.7 Å². The Morgan fingerprint density at radius 3 is 2.03 bits per heavy atom. The fraction of sp³-hybridized carbons (Fsp3) is 0.562. The molecule has 0 radical (unpaired) electrons. The zero-order chi connectivity index (χ0) is 27.8. The van der Waals surface area contributed by atoms with Crippen molar-refractivity contribution >= 4 is 30.6 Å². The van der Waals surface area contributed by atoms with Gasteiger partial charge in [-0.3, -0.25) is 9.59 Å². The van der Waals surface area contributed by atoms with Crippen molar-refractivity contribution in [2.24, 2.45) is 17.8 Å². The first-order valence-electron chi connectivity index (χ1n) is 14.2. The molecule has 0 amide bonds. The Bertz CT molecular complexity index is 978. The normalized spacial score (nSPS) is 22.1. The summed E-state index contributed by atoms with van der Waals surface area (Å²) in [6.45, 7) is 13.3. The van der Waals surface area contributed by atoms with Crippen LogP contribution in [0.25, 0.3) is 0 Å². The van der Waals surface area contributed by atoms with Crippen LogP contribution in [-0.4, -0.2) is 39.6 Å². The maximum Gasteiger partial charge on any atom is 0.306 e. The highest BCUT2D eigenvalue weighted by atomic mass is 28.4. The van der Waals surface area contributed by atoms with Crippen LogP contribution in [-0.2, 0) is 23.5 Å². The number of carbonyl (C=O) groups is 2. The molecular weight excluding hydrogens is 492 g/mol. The number of rotatable bonds is 11. The van der Waals surface area contributed by atoms with Crippen molar-refractivity contribution < 1.29 is 23.5 Å². The fourth-order valence-corrected chi connectivity index (χ4v) is 11.0. The molecule has 0 aliphatic heterocycles. The minimum Gasteiger partial charge on any atom is -0.466 e. The minimum absolute atomic E-state index is 0.0807. The monoisotopic (exact) mass is 538 g/mol. The topological polar surface area (TPSA) is 61.8 Å². The molecule has 0 aromatic heterocycles. The van der Waals surface area contributed by atoms with Gasteiger partial charge in [0.15, 0.2) is 0 Å². The number of benzene rings is 2. The molecule has 3 rings (SSSR count). The summed E-state index contributed by atoms with van der Waals surface area (Å²) in [7, 11) is -2.60. The Balaban J connectivity index is 1.83. The van der Waals surface area contributed by atoms with Gasteiger partial charge in [0.2, 0.25) is 0 Å². The predicted octanol–water partition coefficient (Wildman–Crippen LogP) is 5.89. The third kappa shape index (κ3) is 7.35. The van der Waals surface area contributed by atoms with Gasteiger partial charge in [0.05, 0.1) is 6.61 Å². The minimum atomic E-state index is -2.60. The van der Waals surface area contributed by atoms with E-state index in [1.165, 1.54) is 17.3 Å². The van der Waals surface area contributed by atoms with E-state index < -0.39 is 8.32 Å². The van der Waals surface area contributed by atoms with Crippen LogP contribution in [0.2, 0.25) is 5.04 Å². The number of esters is 2. The molecule has 0 N–H and O–H groups in total. The summed E-state index contributed by atoms with van der Waals surface area (Å²) in [6.07, 6.45) is 3.64. The van der Waals surface area contributed by atoms with Gasteiger partial charge in [-0.25, -0.2) is 0 Å². The van der Waals surface area contributed by atoms with E-state index in [2.05, 4.69) is 88.4 Å². The lowest BCUT2D eigenvalue weighted by Gasteiger charge is -2.43. The molecule has 0 saturated heterocycles. The van der Waals surface area contributed by atoms with E-state index in [4.69, 9.17) is 13.9 Å². The quantitative estimate of drug-likeness (QED) is 0.203. The maximum absolute atomic E-state index is 12.4. The summed E-state index contributed by atoms with van der Waals surface area (Å²) in [4.78, 5) is 24.4. The summed E-state index contributed by atoms with van der Waals surface area (Å²) in [5.74, 6) is 0.218. The lowest BCUT2D eigenvalue weighted by atomic mass is 9.69. The van der Waals surface area contributed by atoms with Crippen molar-refractivity contribution in [1.29, 1.82) is 0 Å². The zero-order valence-electron chi connectivity index (χ0n) is 24.1. The summed E-state index contributed by atoms with van der Waals surface area (Å²) >= 11 is 0. The molecule has 0 unspecified atom stereocenters. The average Bonchev–Trinajstić information content (AvgIpc) is 2.85. The molecular formula is C32H46O5Si. The summed E-state index contributed by atoms with van der Waals surface area (Å²) in [6, 6.07) is 21.3. The SMILES string of the molecule is CCOC(=O)C[C@H]1C[C@@H](C)C[C@@H](OC(C)=O)[C@@H]1CCCO[Si](c1ccccc1)(c1ccccc1)C(C)(C)C. The average molecular weight is 539 g/mol. The Hall–Kier alpha value is -2.44. The molecule has 0 heterocycles. The molecule has 2 aromatic carbocycles. The third-order valence-electron chi connectivity index (χ3n) is 7.89. The van der Waals surface area contributed by atoms with Crippen LogP contribution < -0.4 is 10.4 Å². The van der Waals surface area contributed by atoms with Gasteiger partial charge in [0, 0.05) is 20.0 Å². The van der Waals surface area contributed by atoms with Crippen LogP contribution in [0.1, 0.15) is 73.6 Å². The molecule has 38 heavy (non-hydrogen) atoms. The predicted molar refractivity (Wildman–Crippen MR) is 155 cm³/mol. The Labute approximate surface area is 230 Å². The molecule has 0 spiro atoms. The molecule has 208 valence electrons. The Morgan fingerprint density at radius 1 is 0.947 bits per heavy atom. The molecule has 4 atom stereocenters. The van der Waals surface area contributed by atoms with E-state index in [1.54, 1.807) is 0 Å². The first-order chi connectivity index (χ1) is 18.1. The lowest BCUT2D eigenvalue weighted by molar-refractivity contribution is -0.156. The second-order valence-electron chi connectivity index (χ2n) is 11.8. The second-order valence-corrected chi connectivity index (χ2v) is 16.1. The van der Waals surface area contributed by atoms with Crippen molar-refractivity contribution in [3.8, 4) is 0 Å². The van der Waals surface area contributed by atoms with E-state index in [0.29, 0.717) is 25.6 Å². The van der Waals surface area contributed by atoms with Gasteiger partial charge < -0.3 is 13.9 Å². The number of ether oxygens (including phenoxy) is 2. The Morgan fingerprint density at radius 2 is 1.53 bits per heavy atom. The molecule has 6 heteroatoms. The van der Waals surface area contributed by atoms with Crippen molar-refractivity contribution in [1.82, 2.24) is 0 Å². The third-order valence-corrected chi connectivity index (χ3v) is 12.9. The molecule has 5 nitrogen and oxygen atoms in total. The molecule has 2 aromatic rings. The fourth-order valence-electron chi connectivity index (χ4n) is 6.41. The first-order valence-corrected chi connectivity index (χ1v) is 16.1. The lowest BCUT2D eigenvalue weighted by Crippen LogP contribution is -2.66. The zero-order valence-corrected chi connectivity index (χ0v) is 25.1. The first kappa shape index (κ1) is 30.1. The van der Waals surface area contributed by atoms with Crippen LogP contribution in [0, 0.1) is 17.8 Å². The number of carbonyl (C=O) groups excluding carboxylic acids is 2. The van der Waals surface area contributed by atoms with E-state index in [0.717, 1.165) is 25.7 Å².